The molecule has 1 aliphatic rings. The summed E-state index contributed by atoms with van der Waals surface area (Å²) < 4.78 is 15.5. The molecule has 1 heterocycles. The lowest BCUT2D eigenvalue weighted by Crippen LogP contribution is -2.01. The molecule has 1 N–H and O–H groups in total. The Labute approximate surface area is 94.8 Å². The van der Waals surface area contributed by atoms with Gasteiger partial charge in [0.2, 0.25) is 0 Å². The molecule has 0 saturated carbocycles. The Kier molecular flexibility index (Phi) is 3.31. The van der Waals surface area contributed by atoms with Crippen LogP contribution in [0.4, 0.5) is 0 Å². The molecule has 1 fully saturated rings. The third kappa shape index (κ3) is 2.13. The molecule has 2 unspecified atom stereocenters. The maximum atomic E-state index is 9.31. The first kappa shape index (κ1) is 11.2. The number of ether oxygens (including phenoxy) is 3. The maximum absolute atomic E-state index is 9.31. The third-order valence-electron chi connectivity index (χ3n) is 2.85. The molecule has 1 aliphatic heterocycles. The summed E-state index contributed by atoms with van der Waals surface area (Å²) in [5.41, 5.74) is 1.11. The van der Waals surface area contributed by atoms with Crippen LogP contribution in [0, 0.1) is 0 Å². The lowest BCUT2D eigenvalue weighted by Gasteiger charge is -2.12. The van der Waals surface area contributed by atoms with E-state index in [9.17, 15) is 5.11 Å². The number of methoxy groups -OCH3 is 2. The molecule has 2 atom stereocenters. The van der Waals surface area contributed by atoms with Gasteiger partial charge in [-0.25, -0.2) is 0 Å². The maximum Gasteiger partial charge on any atom is 0.160 e. The number of hydrogen-bond acceptors (Lipinski definition) is 4. The summed E-state index contributed by atoms with van der Waals surface area (Å²) in [5, 5.41) is 9.31. The van der Waals surface area contributed by atoms with Crippen LogP contribution in [0.25, 0.3) is 0 Å². The van der Waals surface area contributed by atoms with Gasteiger partial charge in [0.1, 0.15) is 0 Å². The Hall–Kier alpha value is -1.26. The van der Waals surface area contributed by atoms with Crippen molar-refractivity contribution in [2.24, 2.45) is 0 Å². The lowest BCUT2D eigenvalue weighted by atomic mass is 9.98. The van der Waals surface area contributed by atoms with Gasteiger partial charge in [0.05, 0.1) is 20.8 Å². The Morgan fingerprint density at radius 2 is 2.00 bits per heavy atom. The minimum absolute atomic E-state index is 0.231. The van der Waals surface area contributed by atoms with Crippen molar-refractivity contribution in [3.05, 3.63) is 23.8 Å². The minimum atomic E-state index is -0.641. The second-order valence-corrected chi connectivity index (χ2v) is 3.84. The van der Waals surface area contributed by atoms with Gasteiger partial charge in [-0.2, -0.15) is 0 Å². The number of benzene rings is 1. The van der Waals surface area contributed by atoms with E-state index in [1.807, 2.05) is 18.2 Å². The largest absolute Gasteiger partial charge is 0.493 e. The standard InChI is InChI=1S/C12H16O4/c1-14-10-4-3-8(5-11(10)15-2)9-6-12(13)16-7-9/h3-5,9,12-13H,6-7H2,1-2H3. The van der Waals surface area contributed by atoms with Gasteiger partial charge in [-0.1, -0.05) is 6.07 Å². The van der Waals surface area contributed by atoms with Crippen molar-refractivity contribution in [3.8, 4) is 11.5 Å². The second kappa shape index (κ2) is 4.72. The first-order chi connectivity index (χ1) is 7.74. The van der Waals surface area contributed by atoms with Gasteiger partial charge < -0.3 is 19.3 Å². The van der Waals surface area contributed by atoms with E-state index in [0.717, 1.165) is 5.56 Å². The van der Waals surface area contributed by atoms with E-state index in [1.54, 1.807) is 14.2 Å². The molecule has 2 rings (SSSR count). The van der Waals surface area contributed by atoms with E-state index in [-0.39, 0.29) is 5.92 Å². The molecule has 4 nitrogen and oxygen atoms in total. The van der Waals surface area contributed by atoms with Crippen molar-refractivity contribution in [1.82, 2.24) is 0 Å². The normalized spacial score (nSPS) is 24.4. The molecule has 0 aromatic heterocycles. The third-order valence-corrected chi connectivity index (χ3v) is 2.85. The molecule has 0 spiro atoms. The predicted molar refractivity (Wildman–Crippen MR) is 58.9 cm³/mol. The quantitative estimate of drug-likeness (QED) is 0.845. The van der Waals surface area contributed by atoms with Crippen molar-refractivity contribution in [2.45, 2.75) is 18.6 Å². The number of rotatable bonds is 3. The minimum Gasteiger partial charge on any atom is -0.493 e. The van der Waals surface area contributed by atoms with Gasteiger partial charge in [0, 0.05) is 12.3 Å². The van der Waals surface area contributed by atoms with Crippen molar-refractivity contribution >= 4 is 0 Å². The monoisotopic (exact) mass is 224 g/mol. The highest BCUT2D eigenvalue weighted by molar-refractivity contribution is 5.44. The zero-order chi connectivity index (χ0) is 11.5. The highest BCUT2D eigenvalue weighted by atomic mass is 16.6. The molecule has 1 aromatic carbocycles. The van der Waals surface area contributed by atoms with E-state index in [0.29, 0.717) is 24.5 Å². The molecular weight excluding hydrogens is 208 g/mol. The van der Waals surface area contributed by atoms with E-state index < -0.39 is 6.29 Å². The first-order valence-corrected chi connectivity index (χ1v) is 5.26. The fraction of sp³-hybridized carbons (Fsp3) is 0.500. The smallest absolute Gasteiger partial charge is 0.160 e. The predicted octanol–water partition coefficient (Wildman–Crippen LogP) is 1.53. The van der Waals surface area contributed by atoms with Crippen molar-refractivity contribution in [2.75, 3.05) is 20.8 Å². The van der Waals surface area contributed by atoms with Gasteiger partial charge in [0.15, 0.2) is 17.8 Å². The average molecular weight is 224 g/mol. The number of aliphatic hydroxyl groups is 1. The Balaban J connectivity index is 2.22. The summed E-state index contributed by atoms with van der Waals surface area (Å²) in [6, 6.07) is 5.79. The molecule has 0 radical (unpaired) electrons. The molecule has 0 aliphatic carbocycles. The summed E-state index contributed by atoms with van der Waals surface area (Å²) in [4.78, 5) is 0. The first-order valence-electron chi connectivity index (χ1n) is 5.26. The summed E-state index contributed by atoms with van der Waals surface area (Å²) in [6.45, 7) is 0.552. The van der Waals surface area contributed by atoms with Crippen LogP contribution in [-0.4, -0.2) is 32.2 Å². The van der Waals surface area contributed by atoms with E-state index in [4.69, 9.17) is 14.2 Å². The van der Waals surface area contributed by atoms with Crippen LogP contribution >= 0.6 is 0 Å². The molecule has 16 heavy (non-hydrogen) atoms. The van der Waals surface area contributed by atoms with Crippen LogP contribution in [0.5, 0.6) is 11.5 Å². The van der Waals surface area contributed by atoms with Gasteiger partial charge in [-0.05, 0) is 17.7 Å². The molecule has 1 saturated heterocycles. The molecular formula is C12H16O4. The van der Waals surface area contributed by atoms with Gasteiger partial charge >= 0.3 is 0 Å². The molecule has 1 aromatic rings. The van der Waals surface area contributed by atoms with Gasteiger partial charge in [0.25, 0.3) is 0 Å². The highest BCUT2D eigenvalue weighted by Crippen LogP contribution is 2.34. The van der Waals surface area contributed by atoms with Crippen LogP contribution in [0.3, 0.4) is 0 Å². The van der Waals surface area contributed by atoms with Crippen molar-refractivity contribution < 1.29 is 19.3 Å². The SMILES string of the molecule is COc1ccc(C2COC(O)C2)cc1OC. The summed E-state index contributed by atoms with van der Waals surface area (Å²) in [6.07, 6.45) is -0.00624. The molecule has 4 heteroatoms. The van der Waals surface area contributed by atoms with Crippen LogP contribution in [0.15, 0.2) is 18.2 Å². The zero-order valence-corrected chi connectivity index (χ0v) is 9.47. The van der Waals surface area contributed by atoms with Crippen LogP contribution in [-0.2, 0) is 4.74 Å². The highest BCUT2D eigenvalue weighted by Gasteiger charge is 2.25. The fourth-order valence-electron chi connectivity index (χ4n) is 1.95. The summed E-state index contributed by atoms with van der Waals surface area (Å²) in [7, 11) is 3.22. The fourth-order valence-corrected chi connectivity index (χ4v) is 1.95. The van der Waals surface area contributed by atoms with E-state index in [1.165, 1.54) is 0 Å². The van der Waals surface area contributed by atoms with Crippen LogP contribution < -0.4 is 9.47 Å². The Morgan fingerprint density at radius 1 is 1.25 bits per heavy atom. The molecule has 0 amide bonds. The Morgan fingerprint density at radius 3 is 2.56 bits per heavy atom. The molecule has 88 valence electrons. The summed E-state index contributed by atoms with van der Waals surface area (Å²) >= 11 is 0. The van der Waals surface area contributed by atoms with Gasteiger partial charge in [-0.3, -0.25) is 0 Å². The lowest BCUT2D eigenvalue weighted by molar-refractivity contribution is -0.0589. The van der Waals surface area contributed by atoms with Crippen LogP contribution in [0.1, 0.15) is 17.9 Å². The van der Waals surface area contributed by atoms with Gasteiger partial charge in [-0.15, -0.1) is 0 Å². The summed E-state index contributed by atoms with van der Waals surface area (Å²) in [5.74, 6) is 1.65. The average Bonchev–Trinajstić information content (AvgIpc) is 2.75. The van der Waals surface area contributed by atoms with E-state index in [2.05, 4.69) is 0 Å². The number of aliphatic hydroxyl groups excluding tert-OH is 1. The van der Waals surface area contributed by atoms with E-state index >= 15 is 0 Å². The molecule has 0 bridgehead atoms. The Bertz CT molecular complexity index is 364. The second-order valence-electron chi connectivity index (χ2n) is 3.84. The van der Waals surface area contributed by atoms with Crippen molar-refractivity contribution in [1.29, 1.82) is 0 Å². The zero-order valence-electron chi connectivity index (χ0n) is 9.47. The number of hydrogen-bond donors (Lipinski definition) is 1. The van der Waals surface area contributed by atoms with Crippen LogP contribution in [0.2, 0.25) is 0 Å². The topological polar surface area (TPSA) is 47.9 Å². The van der Waals surface area contributed by atoms with Crippen molar-refractivity contribution in [3.63, 3.8) is 0 Å².